The Labute approximate surface area is 516 Å². The van der Waals surface area contributed by atoms with E-state index < -0.39 is 0 Å². The number of imidazole rings is 3. The van der Waals surface area contributed by atoms with E-state index in [1.165, 1.54) is 0 Å². The molecule has 0 bridgehead atoms. The van der Waals surface area contributed by atoms with Gasteiger partial charge in [0.1, 0.15) is 12.4 Å². The van der Waals surface area contributed by atoms with Crippen LogP contribution in [0.5, 0.6) is 0 Å². The summed E-state index contributed by atoms with van der Waals surface area (Å²) in [5.41, 5.74) is 23.4. The van der Waals surface area contributed by atoms with Gasteiger partial charge in [-0.2, -0.15) is 5.26 Å². The molecule has 0 aliphatic rings. The molecule has 13 aromatic carbocycles. The van der Waals surface area contributed by atoms with Crippen molar-refractivity contribution < 1.29 is 0 Å². The van der Waals surface area contributed by atoms with Gasteiger partial charge in [-0.25, -0.2) is 9.97 Å². The fraction of sp³-hybridized carbons (Fsp3) is 0. The van der Waals surface area contributed by atoms with E-state index in [1.807, 2.05) is 30.6 Å². The van der Waals surface area contributed by atoms with Gasteiger partial charge >= 0.3 is 0 Å². The van der Waals surface area contributed by atoms with E-state index in [-0.39, 0.29) is 0 Å². The first-order valence-corrected chi connectivity index (χ1v) is 30.3. The predicted molar refractivity (Wildman–Crippen MR) is 369 cm³/mol. The molecule has 0 amide bonds. The zero-order chi connectivity index (χ0) is 59.4. The fourth-order valence-corrected chi connectivity index (χ4v) is 14.0. The molecule has 9 nitrogen and oxygen atoms in total. The van der Waals surface area contributed by atoms with Gasteiger partial charge in [0, 0.05) is 44.0 Å². The number of para-hydroxylation sites is 6. The molecule has 0 saturated carbocycles. The third-order valence-electron chi connectivity index (χ3n) is 18.0. The molecular formula is C81H51N9. The third-order valence-corrected chi connectivity index (χ3v) is 18.0. The van der Waals surface area contributed by atoms with Crippen LogP contribution in [0.25, 0.3) is 150 Å². The molecule has 9 heteroatoms. The zero-order valence-corrected chi connectivity index (χ0v) is 48.4. The number of benzene rings is 13. The number of nitrogens with one attached hydrogen (secondary N) is 1. The first-order chi connectivity index (χ1) is 44.6. The second kappa shape index (κ2) is 20.3. The lowest BCUT2D eigenvalue weighted by atomic mass is 9.90. The minimum absolute atomic E-state index is 0.518. The van der Waals surface area contributed by atoms with Crippen molar-refractivity contribution in [1.82, 2.24) is 32.6 Å². The highest BCUT2D eigenvalue weighted by Crippen LogP contribution is 2.48. The second-order valence-corrected chi connectivity index (χ2v) is 23.0. The van der Waals surface area contributed by atoms with E-state index in [4.69, 9.17) is 9.97 Å². The lowest BCUT2D eigenvalue weighted by Crippen LogP contribution is -2.08. The summed E-state index contributed by atoms with van der Waals surface area (Å²) in [6.07, 6.45) is 1.93. The molecule has 90 heavy (non-hydrogen) atoms. The average Bonchev–Trinajstić information content (AvgIpc) is 1.94. The first kappa shape index (κ1) is 50.8. The minimum Gasteiger partial charge on any atom is -0.354 e. The van der Waals surface area contributed by atoms with Crippen molar-refractivity contribution in [2.45, 2.75) is 0 Å². The van der Waals surface area contributed by atoms with Gasteiger partial charge in [0.05, 0.1) is 83.5 Å². The van der Waals surface area contributed by atoms with Gasteiger partial charge in [-0.05, 0) is 137 Å². The maximum atomic E-state index is 12.7. The van der Waals surface area contributed by atoms with Gasteiger partial charge in [-0.15, -0.1) is 0 Å². The van der Waals surface area contributed by atoms with Crippen LogP contribution >= 0.6 is 0 Å². The highest BCUT2D eigenvalue weighted by Gasteiger charge is 2.29. The molecule has 5 heterocycles. The number of anilines is 2. The lowest BCUT2D eigenvalue weighted by Gasteiger charge is -2.24. The largest absolute Gasteiger partial charge is 0.354 e. The molecule has 1 N–H and O–H groups in total. The molecule has 5 aromatic heterocycles. The van der Waals surface area contributed by atoms with Gasteiger partial charge in [-0.1, -0.05) is 194 Å². The molecule has 0 saturated heterocycles. The summed E-state index contributed by atoms with van der Waals surface area (Å²) in [6, 6.07) is 108. The number of nitriles is 1. The average molecular weight is 1150 g/mol. The van der Waals surface area contributed by atoms with Gasteiger partial charge < -0.3 is 14.5 Å². The van der Waals surface area contributed by atoms with Crippen molar-refractivity contribution in [2.24, 2.45) is 0 Å². The highest BCUT2D eigenvalue weighted by molar-refractivity contribution is 6.13. The molecule has 0 fully saturated rings. The molecule has 0 atom stereocenters. The normalized spacial score (nSPS) is 11.8. The SMILES string of the molecule is N#Cc1c(-c2ccc3c(c2)n2c4cc(-c5ccccc5)ccc4nc2n3-c2ccccc2)c(-n2c3ccccc3c3ccccc32)cc(-c2ccc(Nc3ccccc3)c(-n3cnc4ccc(-c5ccccc5)cc43)c2)c1-n1c2ccccc2c2ccccc21. The molecule has 420 valence electrons. The summed E-state index contributed by atoms with van der Waals surface area (Å²) in [4.78, 5) is 10.5. The van der Waals surface area contributed by atoms with Crippen LogP contribution in [-0.2, 0) is 0 Å². The van der Waals surface area contributed by atoms with Crippen LogP contribution in [0, 0.1) is 11.3 Å². The Kier molecular flexibility index (Phi) is 11.5. The van der Waals surface area contributed by atoms with Gasteiger partial charge in [-0.3, -0.25) is 13.5 Å². The quantitative estimate of drug-likeness (QED) is 0.148. The van der Waals surface area contributed by atoms with Crippen LogP contribution in [0.3, 0.4) is 0 Å². The number of hydrogen-bond donors (Lipinski definition) is 1. The van der Waals surface area contributed by atoms with Gasteiger partial charge in [0.2, 0.25) is 5.78 Å². The summed E-state index contributed by atoms with van der Waals surface area (Å²) >= 11 is 0. The standard InChI is InChI=1S/C81H51N9/c82-50-65-79(57-40-44-73-77(48-57)90-76-46-55(53-23-7-2-8-24-53)38-42-68(76)85-81(90)87(73)59-27-11-4-12-28-59)78(88-69-33-17-13-29-60(69)61-30-14-18-34-70(61)88)49-64(80(65)89-71-35-19-15-31-62(71)63-32-16-20-36-72(63)89)56-39-43-67(84-58-25-9-3-10-26-58)75(47-56)86-51-83-66-41-37-54(45-74(66)86)52-21-5-1-6-22-52/h1-49,51,84H. The van der Waals surface area contributed by atoms with Crippen LogP contribution in [0.1, 0.15) is 5.56 Å². The molecule has 0 spiro atoms. The van der Waals surface area contributed by atoms with Crippen LogP contribution in [0.15, 0.2) is 304 Å². The van der Waals surface area contributed by atoms with Crippen LogP contribution in [0.4, 0.5) is 11.4 Å². The van der Waals surface area contributed by atoms with E-state index in [2.05, 4.69) is 307 Å². The maximum Gasteiger partial charge on any atom is 0.220 e. The number of fused-ring (bicyclic) bond motifs is 12. The van der Waals surface area contributed by atoms with Crippen molar-refractivity contribution in [2.75, 3.05) is 5.32 Å². The number of aromatic nitrogens is 7. The lowest BCUT2D eigenvalue weighted by molar-refractivity contribution is 1.09. The zero-order valence-electron chi connectivity index (χ0n) is 48.4. The monoisotopic (exact) mass is 1150 g/mol. The fourth-order valence-electron chi connectivity index (χ4n) is 14.0. The van der Waals surface area contributed by atoms with Gasteiger partial charge in [0.15, 0.2) is 0 Å². The van der Waals surface area contributed by atoms with Crippen molar-refractivity contribution in [1.29, 1.82) is 5.26 Å². The van der Waals surface area contributed by atoms with Crippen molar-refractivity contribution in [3.05, 3.63) is 309 Å². The van der Waals surface area contributed by atoms with E-state index >= 15 is 0 Å². The molecule has 0 radical (unpaired) electrons. The maximum absolute atomic E-state index is 12.7. The summed E-state index contributed by atoms with van der Waals surface area (Å²) in [5, 5.41) is 21.0. The summed E-state index contributed by atoms with van der Waals surface area (Å²) in [7, 11) is 0. The molecular weight excluding hydrogens is 1100 g/mol. The van der Waals surface area contributed by atoms with E-state index in [1.54, 1.807) is 0 Å². The Morgan fingerprint density at radius 2 is 0.867 bits per heavy atom. The van der Waals surface area contributed by atoms with Crippen LogP contribution in [0.2, 0.25) is 0 Å². The Morgan fingerprint density at radius 1 is 0.356 bits per heavy atom. The van der Waals surface area contributed by atoms with E-state index in [9.17, 15) is 5.26 Å². The molecule has 18 aromatic rings. The van der Waals surface area contributed by atoms with Crippen molar-refractivity contribution in [3.8, 4) is 73.3 Å². The van der Waals surface area contributed by atoms with Crippen LogP contribution in [-0.4, -0.2) is 32.6 Å². The highest BCUT2D eigenvalue weighted by atomic mass is 15.2. The summed E-state index contributed by atoms with van der Waals surface area (Å²) in [6.45, 7) is 0. The number of rotatable bonds is 10. The third kappa shape index (κ3) is 7.88. The summed E-state index contributed by atoms with van der Waals surface area (Å²) in [5.74, 6) is 0.793. The molecule has 18 rings (SSSR count). The van der Waals surface area contributed by atoms with E-state index in [0.29, 0.717) is 5.56 Å². The van der Waals surface area contributed by atoms with Crippen molar-refractivity contribution in [3.63, 3.8) is 0 Å². The Hall–Kier alpha value is -12.5. The summed E-state index contributed by atoms with van der Waals surface area (Å²) < 4.78 is 11.5. The van der Waals surface area contributed by atoms with Gasteiger partial charge in [0.25, 0.3) is 0 Å². The Morgan fingerprint density at radius 3 is 1.48 bits per heavy atom. The van der Waals surface area contributed by atoms with Crippen molar-refractivity contribution >= 4 is 93.9 Å². The smallest absolute Gasteiger partial charge is 0.220 e. The Bertz CT molecular complexity index is 5830. The molecule has 0 unspecified atom stereocenters. The molecule has 0 aliphatic heterocycles. The van der Waals surface area contributed by atoms with Crippen LogP contribution < -0.4 is 5.32 Å². The number of hydrogen-bond acceptors (Lipinski definition) is 4. The van der Waals surface area contributed by atoms with E-state index in [0.717, 1.165) is 161 Å². The topological polar surface area (TPSA) is 85.7 Å². The number of nitrogens with zero attached hydrogens (tertiary/aromatic N) is 8. The second-order valence-electron chi connectivity index (χ2n) is 23.0. The minimum atomic E-state index is 0.518. The first-order valence-electron chi connectivity index (χ1n) is 30.3. The molecule has 0 aliphatic carbocycles. The Balaban J connectivity index is 0.987. The predicted octanol–water partition coefficient (Wildman–Crippen LogP) is 20.2.